The molecule has 4 saturated carbocycles. The Labute approximate surface area is 108 Å². The molecule has 1 aromatic rings. The highest BCUT2D eigenvalue weighted by Gasteiger charge is 2.94. The van der Waals surface area contributed by atoms with E-state index in [0.29, 0.717) is 5.41 Å². The van der Waals surface area contributed by atoms with E-state index in [4.69, 9.17) is 0 Å². The molecule has 4 fully saturated rings. The maximum absolute atomic E-state index is 2.67. The van der Waals surface area contributed by atoms with E-state index in [1.165, 1.54) is 6.42 Å². The van der Waals surface area contributed by atoms with Crippen LogP contribution in [0.3, 0.4) is 0 Å². The molecule has 2 spiro atoms. The molecule has 0 aliphatic heterocycles. The van der Waals surface area contributed by atoms with Gasteiger partial charge in [0.1, 0.15) is 0 Å². The molecular formula is C18H18. The summed E-state index contributed by atoms with van der Waals surface area (Å²) in [7, 11) is 0. The zero-order chi connectivity index (χ0) is 11.6. The van der Waals surface area contributed by atoms with Crippen molar-refractivity contribution in [3.8, 4) is 0 Å². The van der Waals surface area contributed by atoms with E-state index in [0.717, 1.165) is 40.9 Å². The largest absolute Gasteiger partial charge is 0.0648 e. The maximum atomic E-state index is 2.67. The Morgan fingerprint density at radius 1 is 1.22 bits per heavy atom. The lowest BCUT2D eigenvalue weighted by Crippen LogP contribution is -2.49. The van der Waals surface area contributed by atoms with Crippen molar-refractivity contribution in [1.82, 2.24) is 0 Å². The van der Waals surface area contributed by atoms with Crippen molar-refractivity contribution in [3.05, 3.63) is 34.4 Å². The lowest BCUT2D eigenvalue weighted by Gasteiger charge is -2.59. The van der Waals surface area contributed by atoms with Gasteiger partial charge in [0.05, 0.1) is 0 Å². The fourth-order valence-electron chi connectivity index (χ4n) is 8.58. The Kier molecular flexibility index (Phi) is 0.858. The quantitative estimate of drug-likeness (QED) is 0.691. The topological polar surface area (TPSA) is 0 Å². The third-order valence-electron chi connectivity index (χ3n) is 8.65. The number of rotatable bonds is 1. The summed E-state index contributed by atoms with van der Waals surface area (Å²) in [6.45, 7) is 5.01. The summed E-state index contributed by atoms with van der Waals surface area (Å²) >= 11 is 0. The molecule has 0 N–H and O–H groups in total. The van der Waals surface area contributed by atoms with Crippen LogP contribution in [0.2, 0.25) is 0 Å². The van der Waals surface area contributed by atoms with Crippen molar-refractivity contribution >= 4 is 0 Å². The molecule has 18 heavy (non-hydrogen) atoms. The third-order valence-corrected chi connectivity index (χ3v) is 8.65. The smallest absolute Gasteiger partial charge is 0.00619 e. The van der Waals surface area contributed by atoms with E-state index < -0.39 is 0 Å². The molecule has 90 valence electrons. The molecule has 7 aliphatic rings. The molecule has 8 unspecified atom stereocenters. The first-order chi connectivity index (χ1) is 8.77. The highest BCUT2D eigenvalue weighted by atomic mass is 15.0. The monoisotopic (exact) mass is 234 g/mol. The van der Waals surface area contributed by atoms with Gasteiger partial charge in [-0.15, -0.1) is 0 Å². The lowest BCUT2D eigenvalue weighted by atomic mass is 9.44. The highest BCUT2D eigenvalue weighted by molar-refractivity contribution is 5.73. The van der Waals surface area contributed by atoms with Crippen LogP contribution in [0.15, 0.2) is 12.1 Å². The molecule has 0 amide bonds. The molecule has 6 bridgehead atoms. The average molecular weight is 234 g/mol. The normalized spacial score (nSPS) is 64.6. The van der Waals surface area contributed by atoms with Gasteiger partial charge in [-0.1, -0.05) is 26.0 Å². The van der Waals surface area contributed by atoms with Gasteiger partial charge in [-0.2, -0.15) is 0 Å². The molecule has 0 aromatic heterocycles. The van der Waals surface area contributed by atoms with Crippen molar-refractivity contribution in [1.29, 1.82) is 0 Å². The molecule has 0 saturated heterocycles. The van der Waals surface area contributed by atoms with Crippen molar-refractivity contribution in [2.45, 2.75) is 49.9 Å². The van der Waals surface area contributed by atoms with Crippen LogP contribution in [0.25, 0.3) is 0 Å². The third kappa shape index (κ3) is 0.414. The summed E-state index contributed by atoms with van der Waals surface area (Å²) in [6, 6.07) is 5.31. The van der Waals surface area contributed by atoms with E-state index >= 15 is 0 Å². The SMILES string of the molecule is CCC1c2cc3c4cc2C1C12C5CC3(C(C)C51)C42. The molecular weight excluding hydrogens is 216 g/mol. The first-order valence-electron chi connectivity index (χ1n) is 7.96. The van der Waals surface area contributed by atoms with Gasteiger partial charge in [-0.05, 0) is 70.1 Å². The first-order valence-corrected chi connectivity index (χ1v) is 7.96. The van der Waals surface area contributed by atoms with Gasteiger partial charge in [0, 0.05) is 11.3 Å². The Bertz CT molecular complexity index is 686. The van der Waals surface area contributed by atoms with Crippen LogP contribution in [-0.4, -0.2) is 0 Å². The summed E-state index contributed by atoms with van der Waals surface area (Å²) < 4.78 is 0. The zero-order valence-corrected chi connectivity index (χ0v) is 11.0. The Morgan fingerprint density at radius 3 is 2.83 bits per heavy atom. The molecule has 0 heterocycles. The predicted molar refractivity (Wildman–Crippen MR) is 69.8 cm³/mol. The van der Waals surface area contributed by atoms with Crippen LogP contribution < -0.4 is 0 Å². The fraction of sp³-hybridized carbons (Fsp3) is 0.667. The van der Waals surface area contributed by atoms with Crippen LogP contribution in [0.1, 0.15) is 66.7 Å². The minimum absolute atomic E-state index is 0.690. The van der Waals surface area contributed by atoms with Gasteiger partial charge in [0.2, 0.25) is 0 Å². The minimum atomic E-state index is 0.690. The van der Waals surface area contributed by atoms with E-state index in [1.54, 1.807) is 17.5 Å². The van der Waals surface area contributed by atoms with E-state index in [2.05, 4.69) is 26.0 Å². The Morgan fingerprint density at radius 2 is 2.11 bits per heavy atom. The summed E-state index contributed by atoms with van der Waals surface area (Å²) in [5, 5.41) is 0. The van der Waals surface area contributed by atoms with E-state index in [9.17, 15) is 0 Å². The molecule has 0 heteroatoms. The molecule has 0 radical (unpaired) electrons. The summed E-state index contributed by atoms with van der Waals surface area (Å²) in [5.41, 5.74) is 8.70. The fourth-order valence-corrected chi connectivity index (χ4v) is 8.58. The van der Waals surface area contributed by atoms with E-state index in [1.807, 2.05) is 11.1 Å². The summed E-state index contributed by atoms with van der Waals surface area (Å²) in [5.74, 6) is 6.20. The Balaban J connectivity index is 1.70. The van der Waals surface area contributed by atoms with E-state index in [-0.39, 0.29) is 0 Å². The average Bonchev–Trinajstić information content (AvgIpc) is 2.63. The van der Waals surface area contributed by atoms with Gasteiger partial charge in [0.15, 0.2) is 0 Å². The van der Waals surface area contributed by atoms with Crippen LogP contribution in [-0.2, 0) is 5.41 Å². The number of hydrogen-bond acceptors (Lipinski definition) is 0. The zero-order valence-electron chi connectivity index (χ0n) is 11.0. The minimum Gasteiger partial charge on any atom is -0.0648 e. The van der Waals surface area contributed by atoms with Crippen molar-refractivity contribution in [2.75, 3.05) is 0 Å². The number of benzene rings is 1. The van der Waals surface area contributed by atoms with Crippen LogP contribution in [0.4, 0.5) is 0 Å². The van der Waals surface area contributed by atoms with Crippen LogP contribution >= 0.6 is 0 Å². The molecule has 7 aliphatic carbocycles. The van der Waals surface area contributed by atoms with Gasteiger partial charge < -0.3 is 0 Å². The molecule has 8 atom stereocenters. The molecule has 0 nitrogen and oxygen atoms in total. The van der Waals surface area contributed by atoms with Gasteiger partial charge in [-0.25, -0.2) is 0 Å². The van der Waals surface area contributed by atoms with Crippen molar-refractivity contribution in [3.63, 3.8) is 0 Å². The highest BCUT2D eigenvalue weighted by Crippen LogP contribution is 3.00. The van der Waals surface area contributed by atoms with Gasteiger partial charge in [-0.3, -0.25) is 0 Å². The molecule has 8 rings (SSSR count). The second kappa shape index (κ2) is 1.84. The summed E-state index contributed by atoms with van der Waals surface area (Å²) in [6.07, 6.45) is 2.95. The van der Waals surface area contributed by atoms with Crippen molar-refractivity contribution in [2.24, 2.45) is 23.2 Å². The van der Waals surface area contributed by atoms with Gasteiger partial charge in [0.25, 0.3) is 0 Å². The Hall–Kier alpha value is -0.780. The van der Waals surface area contributed by atoms with Gasteiger partial charge >= 0.3 is 0 Å². The second-order valence-electron chi connectivity index (χ2n) is 8.16. The second-order valence-corrected chi connectivity index (χ2v) is 8.16. The first kappa shape index (κ1) is 8.40. The maximum Gasteiger partial charge on any atom is 0.00619 e. The summed E-state index contributed by atoms with van der Waals surface area (Å²) in [4.78, 5) is 0. The van der Waals surface area contributed by atoms with Crippen molar-refractivity contribution < 1.29 is 0 Å². The standard InChI is InChI=1S/C18H18/c1-3-8-9-5-12-11-4-10(9)15(8)18-13-6-17(12,16(11)18)7(2)14(13)18/h4-5,7-8,13-16H,3,6H2,1-2H3. The number of hydrogen-bond donors (Lipinski definition) is 0. The van der Waals surface area contributed by atoms with Crippen LogP contribution in [0, 0.1) is 23.2 Å². The van der Waals surface area contributed by atoms with Crippen LogP contribution in [0.5, 0.6) is 0 Å². The molecule has 1 aromatic carbocycles. The predicted octanol–water partition coefficient (Wildman–Crippen LogP) is 3.91. The lowest BCUT2D eigenvalue weighted by molar-refractivity contribution is 0.198.